The molecule has 39 heavy (non-hydrogen) atoms. The zero-order valence-electron chi connectivity index (χ0n) is 20.9. The molecule has 0 aromatic heterocycles. The van der Waals surface area contributed by atoms with Crippen molar-refractivity contribution in [1.29, 1.82) is 0 Å². The standard InChI is InChI=1S/C29H25IN4O4S/c1-21(23-11-8-12-25(19-23)31-29(36)22-9-4-2-5-10-22)32-33-28(35)20-34(26-17-15-24(30)16-18-26)39(37,38)27-13-6-3-7-14-27/h2-19H,20H2,1H3,(H,31,36)(H,33,35)/b32-21-. The van der Waals surface area contributed by atoms with Gasteiger partial charge in [-0.3, -0.25) is 13.9 Å². The average molecular weight is 653 g/mol. The molecule has 8 nitrogen and oxygen atoms in total. The number of hydrazone groups is 1. The molecule has 2 N–H and O–H groups in total. The normalized spacial score (nSPS) is 11.5. The number of carbonyl (C=O) groups excluding carboxylic acids is 2. The van der Waals surface area contributed by atoms with Gasteiger partial charge in [0.05, 0.1) is 16.3 Å². The number of rotatable bonds is 9. The summed E-state index contributed by atoms with van der Waals surface area (Å²) < 4.78 is 28.8. The fraction of sp³-hybridized carbons (Fsp3) is 0.0690. The zero-order valence-corrected chi connectivity index (χ0v) is 23.9. The molecule has 0 unspecified atom stereocenters. The molecule has 0 aliphatic carbocycles. The van der Waals surface area contributed by atoms with E-state index in [0.717, 1.165) is 7.88 Å². The summed E-state index contributed by atoms with van der Waals surface area (Å²) in [6.45, 7) is 1.23. The molecule has 0 aliphatic rings. The highest BCUT2D eigenvalue weighted by Crippen LogP contribution is 2.24. The van der Waals surface area contributed by atoms with Crippen LogP contribution in [-0.2, 0) is 14.8 Å². The Balaban J connectivity index is 1.49. The van der Waals surface area contributed by atoms with E-state index in [2.05, 4.69) is 38.4 Å². The summed E-state index contributed by atoms with van der Waals surface area (Å²) in [6, 6.07) is 30.7. The second-order valence-corrected chi connectivity index (χ2v) is 11.5. The van der Waals surface area contributed by atoms with Crippen LogP contribution in [0.4, 0.5) is 11.4 Å². The molecule has 0 saturated carbocycles. The molecule has 0 saturated heterocycles. The second-order valence-electron chi connectivity index (χ2n) is 8.43. The van der Waals surface area contributed by atoms with Crippen molar-refractivity contribution in [3.8, 4) is 0 Å². The monoisotopic (exact) mass is 652 g/mol. The van der Waals surface area contributed by atoms with Crippen LogP contribution in [-0.4, -0.2) is 32.5 Å². The third-order valence-corrected chi connectivity index (χ3v) is 8.16. The Morgan fingerprint density at radius 2 is 1.44 bits per heavy atom. The van der Waals surface area contributed by atoms with Crippen LogP contribution in [0.5, 0.6) is 0 Å². The first-order chi connectivity index (χ1) is 18.7. The summed E-state index contributed by atoms with van der Waals surface area (Å²) in [5.74, 6) is -0.855. The van der Waals surface area contributed by atoms with Gasteiger partial charge in [0.1, 0.15) is 6.54 Å². The van der Waals surface area contributed by atoms with E-state index in [1.165, 1.54) is 12.1 Å². The molecule has 4 aromatic carbocycles. The number of hydrogen-bond donors (Lipinski definition) is 2. The molecule has 0 radical (unpaired) electrons. The minimum Gasteiger partial charge on any atom is -0.322 e. The van der Waals surface area contributed by atoms with Crippen molar-refractivity contribution in [2.24, 2.45) is 5.10 Å². The van der Waals surface area contributed by atoms with Gasteiger partial charge in [-0.25, -0.2) is 13.8 Å². The van der Waals surface area contributed by atoms with Crippen LogP contribution >= 0.6 is 22.6 Å². The fourth-order valence-electron chi connectivity index (χ4n) is 3.63. The lowest BCUT2D eigenvalue weighted by molar-refractivity contribution is -0.119. The number of benzene rings is 4. The topological polar surface area (TPSA) is 108 Å². The molecule has 10 heteroatoms. The minimum atomic E-state index is -4.01. The van der Waals surface area contributed by atoms with E-state index < -0.39 is 22.5 Å². The first-order valence-electron chi connectivity index (χ1n) is 11.9. The smallest absolute Gasteiger partial charge is 0.264 e. The summed E-state index contributed by atoms with van der Waals surface area (Å²) in [7, 11) is -4.01. The highest BCUT2D eigenvalue weighted by Gasteiger charge is 2.27. The van der Waals surface area contributed by atoms with Gasteiger partial charge >= 0.3 is 0 Å². The lowest BCUT2D eigenvalue weighted by atomic mass is 10.1. The van der Waals surface area contributed by atoms with Crippen LogP contribution in [0.25, 0.3) is 0 Å². The molecule has 0 aliphatic heterocycles. The van der Waals surface area contributed by atoms with Gasteiger partial charge in [0.2, 0.25) is 0 Å². The highest BCUT2D eigenvalue weighted by molar-refractivity contribution is 14.1. The lowest BCUT2D eigenvalue weighted by Gasteiger charge is -2.23. The van der Waals surface area contributed by atoms with Gasteiger partial charge in [-0.2, -0.15) is 5.10 Å². The summed E-state index contributed by atoms with van der Waals surface area (Å²) in [5.41, 5.74) is 5.07. The molecule has 0 heterocycles. The lowest BCUT2D eigenvalue weighted by Crippen LogP contribution is -2.39. The van der Waals surface area contributed by atoms with Crippen LogP contribution in [0, 0.1) is 3.57 Å². The number of nitrogens with one attached hydrogen (secondary N) is 2. The molecule has 0 bridgehead atoms. The number of amides is 2. The van der Waals surface area contributed by atoms with Crippen molar-refractivity contribution in [3.63, 3.8) is 0 Å². The first kappa shape index (κ1) is 28.0. The van der Waals surface area contributed by atoms with Gasteiger partial charge in [0.25, 0.3) is 21.8 Å². The SMILES string of the molecule is C/C(=N/NC(=O)CN(c1ccc(I)cc1)S(=O)(=O)c1ccccc1)c1cccc(NC(=O)c2ccccc2)c1. The molecule has 4 aromatic rings. The second kappa shape index (κ2) is 12.7. The molecular weight excluding hydrogens is 627 g/mol. The van der Waals surface area contributed by atoms with Gasteiger partial charge in [0, 0.05) is 14.8 Å². The Labute approximate surface area is 240 Å². The molecule has 0 fully saturated rings. The van der Waals surface area contributed by atoms with E-state index >= 15 is 0 Å². The molecule has 0 atom stereocenters. The maximum absolute atomic E-state index is 13.4. The van der Waals surface area contributed by atoms with Crippen LogP contribution in [0.2, 0.25) is 0 Å². The fourth-order valence-corrected chi connectivity index (χ4v) is 5.44. The van der Waals surface area contributed by atoms with E-state index in [0.29, 0.717) is 28.2 Å². The molecular formula is C29H25IN4O4S. The number of anilines is 2. The van der Waals surface area contributed by atoms with Crippen LogP contribution in [0.3, 0.4) is 0 Å². The Hall–Kier alpha value is -4.03. The predicted molar refractivity (Wildman–Crippen MR) is 161 cm³/mol. The zero-order chi connectivity index (χ0) is 27.8. The van der Waals surface area contributed by atoms with E-state index in [1.54, 1.807) is 97.9 Å². The molecule has 2 amide bonds. The van der Waals surface area contributed by atoms with Crippen molar-refractivity contribution >= 4 is 61.5 Å². The Kier molecular flexibility index (Phi) is 9.10. The van der Waals surface area contributed by atoms with Crippen molar-refractivity contribution in [2.75, 3.05) is 16.2 Å². The van der Waals surface area contributed by atoms with Gasteiger partial charge in [-0.15, -0.1) is 0 Å². The number of halogens is 1. The van der Waals surface area contributed by atoms with Crippen LogP contribution < -0.4 is 15.0 Å². The van der Waals surface area contributed by atoms with Crippen molar-refractivity contribution in [1.82, 2.24) is 5.43 Å². The summed E-state index contributed by atoms with van der Waals surface area (Å²) >= 11 is 2.13. The van der Waals surface area contributed by atoms with E-state index in [4.69, 9.17) is 0 Å². The van der Waals surface area contributed by atoms with E-state index in [1.807, 2.05) is 6.07 Å². The largest absolute Gasteiger partial charge is 0.322 e. The van der Waals surface area contributed by atoms with E-state index in [-0.39, 0.29) is 10.8 Å². The van der Waals surface area contributed by atoms with Crippen molar-refractivity contribution in [2.45, 2.75) is 11.8 Å². The Bertz CT molecular complexity index is 1590. The number of nitrogens with zero attached hydrogens (tertiary/aromatic N) is 2. The molecule has 0 spiro atoms. The van der Waals surface area contributed by atoms with Gasteiger partial charge < -0.3 is 5.32 Å². The summed E-state index contributed by atoms with van der Waals surface area (Å²) in [4.78, 5) is 25.4. The van der Waals surface area contributed by atoms with E-state index in [9.17, 15) is 18.0 Å². The van der Waals surface area contributed by atoms with Gasteiger partial charge in [-0.1, -0.05) is 48.5 Å². The third kappa shape index (κ3) is 7.30. The molecule has 198 valence electrons. The van der Waals surface area contributed by atoms with Crippen molar-refractivity contribution in [3.05, 3.63) is 124 Å². The predicted octanol–water partition coefficient (Wildman–Crippen LogP) is 5.28. The van der Waals surface area contributed by atoms with Crippen LogP contribution in [0.1, 0.15) is 22.8 Å². The first-order valence-corrected chi connectivity index (χ1v) is 14.4. The van der Waals surface area contributed by atoms with Gasteiger partial charge in [-0.05, 0) is 95.7 Å². The quantitative estimate of drug-likeness (QED) is 0.146. The van der Waals surface area contributed by atoms with Crippen molar-refractivity contribution < 1.29 is 18.0 Å². The Morgan fingerprint density at radius 1 is 0.821 bits per heavy atom. The minimum absolute atomic E-state index is 0.0744. The summed E-state index contributed by atoms with van der Waals surface area (Å²) in [6.07, 6.45) is 0. The number of carbonyl (C=O) groups is 2. The maximum atomic E-state index is 13.4. The average Bonchev–Trinajstić information content (AvgIpc) is 2.96. The van der Waals surface area contributed by atoms with Crippen LogP contribution in [0.15, 0.2) is 119 Å². The Morgan fingerprint density at radius 3 is 2.10 bits per heavy atom. The number of sulfonamides is 1. The number of hydrogen-bond acceptors (Lipinski definition) is 5. The maximum Gasteiger partial charge on any atom is 0.264 e. The van der Waals surface area contributed by atoms with Gasteiger partial charge in [0.15, 0.2) is 0 Å². The third-order valence-electron chi connectivity index (χ3n) is 5.66. The summed E-state index contributed by atoms with van der Waals surface area (Å²) in [5, 5.41) is 7.01. The molecule has 4 rings (SSSR count). The highest BCUT2D eigenvalue weighted by atomic mass is 127.